The van der Waals surface area contributed by atoms with Crippen molar-refractivity contribution in [3.8, 4) is 11.1 Å². The predicted octanol–water partition coefficient (Wildman–Crippen LogP) is 5.86. The van der Waals surface area contributed by atoms with Crippen LogP contribution < -0.4 is 16.6 Å². The number of ketones is 2. The lowest BCUT2D eigenvalue weighted by Gasteiger charge is -2.20. The molecule has 0 aliphatic heterocycles. The molecule has 0 bridgehead atoms. The molecule has 0 unspecified atom stereocenters. The Morgan fingerprint density at radius 3 is 1.80 bits per heavy atom. The van der Waals surface area contributed by atoms with Gasteiger partial charge in [0.25, 0.3) is 25.9 Å². The number of allylic oxidation sites excluding steroid dienone is 5. The van der Waals surface area contributed by atoms with E-state index in [9.17, 15) is 45.6 Å². The van der Waals surface area contributed by atoms with Crippen molar-refractivity contribution in [1.29, 1.82) is 0 Å². The molecule has 6 N–H and O–H groups in total. The summed E-state index contributed by atoms with van der Waals surface area (Å²) in [5.41, 5.74) is 11.6. The number of nitrogen functional groups attached to an aromatic ring is 1. The van der Waals surface area contributed by atoms with Gasteiger partial charge in [-0.3, -0.25) is 39.7 Å². The minimum Gasteiger partial charge on any atom is -0.396 e. The van der Waals surface area contributed by atoms with Crippen LogP contribution >= 0.6 is 0 Å². The maximum absolute atomic E-state index is 13.8. The Morgan fingerprint density at radius 2 is 1.28 bits per heavy atom. The van der Waals surface area contributed by atoms with Gasteiger partial charge < -0.3 is 5.73 Å². The van der Waals surface area contributed by atoms with Gasteiger partial charge in [-0.05, 0) is 89.5 Å². The van der Waals surface area contributed by atoms with Crippen molar-refractivity contribution in [2.45, 2.75) is 4.90 Å². The van der Waals surface area contributed by atoms with Gasteiger partial charge in [0.05, 0.1) is 38.9 Å². The Labute approximate surface area is 305 Å². The van der Waals surface area contributed by atoms with Gasteiger partial charge in [-0.1, -0.05) is 24.3 Å². The van der Waals surface area contributed by atoms with Gasteiger partial charge in [0.1, 0.15) is 15.5 Å². The number of hydrogen-bond acceptors (Lipinski definition) is 15. The van der Waals surface area contributed by atoms with E-state index in [1.807, 2.05) is 12.1 Å². The smallest absolute Gasteiger partial charge is 0.296 e. The number of rotatable bonds is 10. The number of nitrogens with two attached hydrogens (primary N) is 1. The van der Waals surface area contributed by atoms with E-state index < -0.39 is 69.0 Å². The molecule has 0 heterocycles. The first kappa shape index (κ1) is 36.8. The Hall–Kier alpha value is -7.00. The number of nitrogens with zero attached hydrogens (tertiary/aromatic N) is 5. The zero-order chi connectivity index (χ0) is 38.8. The number of nitrogens with one attached hydrogen (secondary N) is 2. The summed E-state index contributed by atoms with van der Waals surface area (Å²) in [5.74, 6) is -1.28. The highest BCUT2D eigenvalue weighted by atomic mass is 32.2. The molecule has 0 fully saturated rings. The lowest BCUT2D eigenvalue weighted by atomic mass is 9.92. The molecule has 4 aromatic carbocycles. The first-order valence-electron chi connectivity index (χ1n) is 15.2. The zero-order valence-corrected chi connectivity index (χ0v) is 28.8. The number of hydrogen-bond donors (Lipinski definition) is 5. The number of non-ortho nitro benzene ring substituents is 1. The monoisotopic (exact) mass is 768 g/mol. The maximum Gasteiger partial charge on any atom is 0.296 e. The summed E-state index contributed by atoms with van der Waals surface area (Å²) < 4.78 is 69.4. The Balaban J connectivity index is 1.27. The average Bonchev–Trinajstić information content (AvgIpc) is 3.13. The maximum atomic E-state index is 13.8. The molecule has 0 saturated heterocycles. The first-order chi connectivity index (χ1) is 25.6. The third-order valence-corrected chi connectivity index (χ3v) is 9.46. The van der Waals surface area contributed by atoms with Crippen LogP contribution in [0.4, 0.5) is 34.1 Å². The highest BCUT2D eigenvalue weighted by Gasteiger charge is 2.37. The van der Waals surface area contributed by atoms with Crippen LogP contribution in [0.5, 0.6) is 0 Å². The SMILES string of the molecule is Nc1c(N=Nc2ccc([N+](=O)[O-])cc2)c(S(=O)(=O)O)cc2c1C(=O)C(=NNc1ccc(-c3ccc(NN=C4C=CC(=O)C=C4)cc3)cc1)C(S(=O)(=O)O)=C2. The van der Waals surface area contributed by atoms with E-state index >= 15 is 0 Å². The van der Waals surface area contributed by atoms with Crippen LogP contribution in [0.2, 0.25) is 0 Å². The van der Waals surface area contributed by atoms with Gasteiger partial charge in [0.15, 0.2) is 11.5 Å². The summed E-state index contributed by atoms with van der Waals surface area (Å²) in [6.45, 7) is 0. The molecule has 0 atom stereocenters. The number of carbonyl (C=O) groups is 2. The quantitative estimate of drug-likeness (QED) is 0.0316. The summed E-state index contributed by atoms with van der Waals surface area (Å²) in [6, 6.07) is 19.2. The molecular formula is C34H24N8O10S2. The summed E-state index contributed by atoms with van der Waals surface area (Å²) >= 11 is 0. The molecule has 54 heavy (non-hydrogen) atoms. The Morgan fingerprint density at radius 1 is 0.722 bits per heavy atom. The summed E-state index contributed by atoms with van der Waals surface area (Å²) in [7, 11) is -10.3. The van der Waals surface area contributed by atoms with Crippen molar-refractivity contribution >= 4 is 83.4 Å². The molecule has 272 valence electrons. The summed E-state index contributed by atoms with van der Waals surface area (Å²) in [6.07, 6.45) is 6.74. The van der Waals surface area contributed by atoms with E-state index in [1.54, 1.807) is 48.6 Å². The van der Waals surface area contributed by atoms with Crippen molar-refractivity contribution in [1.82, 2.24) is 0 Å². The summed E-state index contributed by atoms with van der Waals surface area (Å²) in [5, 5.41) is 26.7. The second-order valence-corrected chi connectivity index (χ2v) is 14.1. The molecule has 0 spiro atoms. The van der Waals surface area contributed by atoms with Crippen LogP contribution in [-0.4, -0.2) is 53.9 Å². The van der Waals surface area contributed by atoms with Crippen molar-refractivity contribution in [2.24, 2.45) is 20.4 Å². The number of anilines is 3. The normalized spacial score (nSPS) is 15.0. The standard InChI is InChI=1S/C34H24N8O10S2/c35-31-30-21(17-28(53(47,48)49)32(31)40-38-24-9-13-26(14-10-24)42(45)46)18-29(54(50,51)52)33(34(30)44)41-39-23-7-3-20(4-8-23)19-1-5-22(6-2-19)36-37-25-11-15-27(43)16-12-25/h1-18,36,39H,35H2,(H,47,48,49)(H,50,51,52). The fourth-order valence-electron chi connectivity index (χ4n) is 5.09. The third-order valence-electron chi connectivity index (χ3n) is 7.73. The Kier molecular flexibility index (Phi) is 9.91. The summed E-state index contributed by atoms with van der Waals surface area (Å²) in [4.78, 5) is 33.4. The van der Waals surface area contributed by atoms with E-state index in [2.05, 4.69) is 31.3 Å². The number of fused-ring (bicyclic) bond motifs is 1. The topological polar surface area (TPSA) is 286 Å². The van der Waals surface area contributed by atoms with Gasteiger partial charge in [-0.2, -0.15) is 32.2 Å². The molecule has 2 aliphatic carbocycles. The largest absolute Gasteiger partial charge is 0.396 e. The fraction of sp³-hybridized carbons (Fsp3) is 0. The lowest BCUT2D eigenvalue weighted by Crippen LogP contribution is -2.28. The van der Waals surface area contributed by atoms with Crippen molar-refractivity contribution in [3.05, 3.63) is 129 Å². The molecule has 20 heteroatoms. The van der Waals surface area contributed by atoms with E-state index in [4.69, 9.17) is 5.73 Å². The molecule has 0 radical (unpaired) electrons. The van der Waals surface area contributed by atoms with E-state index in [0.29, 0.717) is 17.1 Å². The molecule has 2 aliphatic rings. The van der Waals surface area contributed by atoms with Crippen LogP contribution in [-0.2, 0) is 25.0 Å². The highest BCUT2D eigenvalue weighted by molar-refractivity contribution is 7.91. The van der Waals surface area contributed by atoms with Gasteiger partial charge in [0.2, 0.25) is 5.78 Å². The zero-order valence-electron chi connectivity index (χ0n) is 27.2. The van der Waals surface area contributed by atoms with Crippen molar-refractivity contribution in [2.75, 3.05) is 16.6 Å². The second kappa shape index (κ2) is 14.6. The predicted molar refractivity (Wildman–Crippen MR) is 199 cm³/mol. The first-order valence-corrected chi connectivity index (χ1v) is 18.1. The van der Waals surface area contributed by atoms with Gasteiger partial charge in [-0.15, -0.1) is 5.11 Å². The van der Waals surface area contributed by atoms with E-state index in [0.717, 1.165) is 35.4 Å². The van der Waals surface area contributed by atoms with Crippen molar-refractivity contribution in [3.63, 3.8) is 0 Å². The molecule has 6 rings (SSSR count). The van der Waals surface area contributed by atoms with Gasteiger partial charge >= 0.3 is 0 Å². The molecular weight excluding hydrogens is 745 g/mol. The fourth-order valence-corrected chi connectivity index (χ4v) is 6.42. The number of carbonyl (C=O) groups excluding carboxylic acids is 2. The lowest BCUT2D eigenvalue weighted by molar-refractivity contribution is -0.384. The molecule has 0 saturated carbocycles. The second-order valence-electron chi connectivity index (χ2n) is 11.3. The molecule has 4 aromatic rings. The number of Topliss-reactive ketones (excluding diaryl/α,β-unsaturated/α-hetero) is 1. The Bertz CT molecular complexity index is 2630. The van der Waals surface area contributed by atoms with Crippen LogP contribution in [0, 0.1) is 10.1 Å². The molecule has 18 nitrogen and oxygen atoms in total. The molecule has 0 aromatic heterocycles. The van der Waals surface area contributed by atoms with Gasteiger partial charge in [0, 0.05) is 12.1 Å². The third kappa shape index (κ3) is 8.05. The minimum absolute atomic E-state index is 0.0154. The van der Waals surface area contributed by atoms with Crippen LogP contribution in [0.25, 0.3) is 17.2 Å². The molecule has 0 amide bonds. The number of hydrazone groups is 2. The number of nitro benzene ring substituents is 1. The number of nitro groups is 1. The minimum atomic E-state index is -5.15. The number of azo groups is 1. The van der Waals surface area contributed by atoms with E-state index in [-0.39, 0.29) is 17.2 Å². The van der Waals surface area contributed by atoms with Crippen LogP contribution in [0.15, 0.2) is 133 Å². The number of benzene rings is 4. The highest BCUT2D eigenvalue weighted by Crippen LogP contribution is 2.41. The van der Waals surface area contributed by atoms with Crippen LogP contribution in [0.3, 0.4) is 0 Å². The van der Waals surface area contributed by atoms with Crippen LogP contribution in [0.1, 0.15) is 15.9 Å². The van der Waals surface area contributed by atoms with Crippen molar-refractivity contribution < 1.29 is 40.5 Å². The average molecular weight is 769 g/mol. The van der Waals surface area contributed by atoms with Gasteiger partial charge in [-0.25, -0.2) is 0 Å². The van der Waals surface area contributed by atoms with E-state index in [1.165, 1.54) is 24.3 Å².